The molecule has 0 radical (unpaired) electrons. The fourth-order valence-electron chi connectivity index (χ4n) is 1.13. The molecule has 0 aliphatic heterocycles. The minimum Gasteiger partial charge on any atom is -0.328 e. The molecule has 0 rings (SSSR count). The van der Waals surface area contributed by atoms with E-state index in [1.165, 1.54) is 18.4 Å². The third kappa shape index (κ3) is 6.11. The molecule has 0 aromatic rings. The SMILES string of the molecule is CCC/C=C(\CC)CC(C)N. The standard InChI is InChI=1S/C10H21N/c1-4-6-7-10(5-2)8-9(3)11/h7,9H,4-6,8,11H2,1-3H3/b10-7+. The van der Waals surface area contributed by atoms with Crippen molar-refractivity contribution < 1.29 is 0 Å². The lowest BCUT2D eigenvalue weighted by Crippen LogP contribution is -2.15. The Morgan fingerprint density at radius 2 is 2.09 bits per heavy atom. The predicted molar refractivity (Wildman–Crippen MR) is 51.5 cm³/mol. The Morgan fingerprint density at radius 3 is 2.45 bits per heavy atom. The summed E-state index contributed by atoms with van der Waals surface area (Å²) in [6.45, 7) is 6.47. The Balaban J connectivity index is 3.73. The zero-order chi connectivity index (χ0) is 8.69. The maximum absolute atomic E-state index is 5.70. The molecule has 0 aliphatic carbocycles. The molecule has 66 valence electrons. The fourth-order valence-corrected chi connectivity index (χ4v) is 1.13. The minimum atomic E-state index is 0.318. The molecule has 0 heterocycles. The molecule has 0 saturated heterocycles. The van der Waals surface area contributed by atoms with Gasteiger partial charge in [0.25, 0.3) is 0 Å². The van der Waals surface area contributed by atoms with E-state index < -0.39 is 0 Å². The molecular weight excluding hydrogens is 134 g/mol. The summed E-state index contributed by atoms with van der Waals surface area (Å²) in [6, 6.07) is 0.318. The number of hydrogen-bond donors (Lipinski definition) is 1. The molecule has 0 aliphatic rings. The van der Waals surface area contributed by atoms with Crippen LogP contribution in [0.4, 0.5) is 0 Å². The monoisotopic (exact) mass is 155 g/mol. The van der Waals surface area contributed by atoms with Gasteiger partial charge < -0.3 is 5.73 Å². The molecule has 1 atom stereocenters. The summed E-state index contributed by atoms with van der Waals surface area (Å²) in [4.78, 5) is 0. The van der Waals surface area contributed by atoms with E-state index in [0.29, 0.717) is 6.04 Å². The van der Waals surface area contributed by atoms with Crippen LogP contribution in [0.1, 0.15) is 46.5 Å². The molecule has 1 unspecified atom stereocenters. The van der Waals surface area contributed by atoms with Gasteiger partial charge in [-0.2, -0.15) is 0 Å². The lowest BCUT2D eigenvalue weighted by atomic mass is 10.0. The summed E-state index contributed by atoms with van der Waals surface area (Å²) in [5, 5.41) is 0. The van der Waals surface area contributed by atoms with Crippen LogP contribution in [0.5, 0.6) is 0 Å². The molecule has 1 heteroatoms. The average Bonchev–Trinajstić information content (AvgIpc) is 1.97. The number of rotatable bonds is 5. The Morgan fingerprint density at radius 1 is 1.45 bits per heavy atom. The maximum Gasteiger partial charge on any atom is 0.00476 e. The first kappa shape index (κ1) is 10.7. The van der Waals surface area contributed by atoms with E-state index in [-0.39, 0.29) is 0 Å². The minimum absolute atomic E-state index is 0.318. The largest absolute Gasteiger partial charge is 0.328 e. The van der Waals surface area contributed by atoms with Crippen molar-refractivity contribution in [2.24, 2.45) is 5.73 Å². The van der Waals surface area contributed by atoms with Crippen LogP contribution in [0.15, 0.2) is 11.6 Å². The van der Waals surface area contributed by atoms with Crippen molar-refractivity contribution in [2.45, 2.75) is 52.5 Å². The van der Waals surface area contributed by atoms with Crippen molar-refractivity contribution in [3.63, 3.8) is 0 Å². The number of hydrogen-bond acceptors (Lipinski definition) is 1. The average molecular weight is 155 g/mol. The molecule has 1 nitrogen and oxygen atoms in total. The summed E-state index contributed by atoms with van der Waals surface area (Å²) in [6.07, 6.45) is 7.00. The van der Waals surface area contributed by atoms with Crippen LogP contribution in [-0.4, -0.2) is 6.04 Å². The molecule has 0 amide bonds. The summed E-state index contributed by atoms with van der Waals surface area (Å²) in [5.74, 6) is 0. The van der Waals surface area contributed by atoms with E-state index in [0.717, 1.165) is 12.8 Å². The second-order valence-corrected chi connectivity index (χ2v) is 3.19. The van der Waals surface area contributed by atoms with Gasteiger partial charge in [-0.25, -0.2) is 0 Å². The van der Waals surface area contributed by atoms with Crippen LogP contribution >= 0.6 is 0 Å². The van der Waals surface area contributed by atoms with Gasteiger partial charge >= 0.3 is 0 Å². The molecular formula is C10H21N. The van der Waals surface area contributed by atoms with Crippen LogP contribution in [0.3, 0.4) is 0 Å². The number of unbranched alkanes of at least 4 members (excludes halogenated alkanes) is 1. The molecule has 0 fully saturated rings. The van der Waals surface area contributed by atoms with Crippen molar-refractivity contribution in [3.8, 4) is 0 Å². The molecule has 2 N–H and O–H groups in total. The van der Waals surface area contributed by atoms with Gasteiger partial charge in [0.05, 0.1) is 0 Å². The lowest BCUT2D eigenvalue weighted by molar-refractivity contribution is 0.708. The summed E-state index contributed by atoms with van der Waals surface area (Å²) in [5.41, 5.74) is 7.22. The van der Waals surface area contributed by atoms with Gasteiger partial charge in [-0.05, 0) is 26.2 Å². The highest BCUT2D eigenvalue weighted by Gasteiger charge is 1.97. The van der Waals surface area contributed by atoms with Crippen molar-refractivity contribution >= 4 is 0 Å². The highest BCUT2D eigenvalue weighted by molar-refractivity contribution is 5.02. The highest BCUT2D eigenvalue weighted by atomic mass is 14.6. The maximum atomic E-state index is 5.70. The molecule has 11 heavy (non-hydrogen) atoms. The van der Waals surface area contributed by atoms with E-state index >= 15 is 0 Å². The Hall–Kier alpha value is -0.300. The van der Waals surface area contributed by atoms with E-state index in [1.54, 1.807) is 0 Å². The first-order chi connectivity index (χ1) is 5.20. The van der Waals surface area contributed by atoms with Gasteiger partial charge in [0, 0.05) is 6.04 Å². The molecule has 0 spiro atoms. The third-order valence-electron chi connectivity index (χ3n) is 1.76. The molecule has 0 aromatic heterocycles. The lowest BCUT2D eigenvalue weighted by Gasteiger charge is -2.07. The Bertz CT molecular complexity index is 114. The van der Waals surface area contributed by atoms with Gasteiger partial charge in [0.1, 0.15) is 0 Å². The normalized spacial score (nSPS) is 15.1. The Kier molecular flexibility index (Phi) is 6.24. The van der Waals surface area contributed by atoms with Crippen LogP contribution in [0, 0.1) is 0 Å². The molecule has 0 saturated carbocycles. The second-order valence-electron chi connectivity index (χ2n) is 3.19. The smallest absolute Gasteiger partial charge is 0.00476 e. The quantitative estimate of drug-likeness (QED) is 0.607. The number of allylic oxidation sites excluding steroid dienone is 1. The van der Waals surface area contributed by atoms with Gasteiger partial charge in [0.2, 0.25) is 0 Å². The third-order valence-corrected chi connectivity index (χ3v) is 1.76. The van der Waals surface area contributed by atoms with Crippen LogP contribution in [0.2, 0.25) is 0 Å². The van der Waals surface area contributed by atoms with Gasteiger partial charge in [0.15, 0.2) is 0 Å². The highest BCUT2D eigenvalue weighted by Crippen LogP contribution is 2.10. The summed E-state index contributed by atoms with van der Waals surface area (Å²) < 4.78 is 0. The van der Waals surface area contributed by atoms with Crippen molar-refractivity contribution in [1.29, 1.82) is 0 Å². The molecule has 0 aromatic carbocycles. The topological polar surface area (TPSA) is 26.0 Å². The van der Waals surface area contributed by atoms with Crippen molar-refractivity contribution in [3.05, 3.63) is 11.6 Å². The van der Waals surface area contributed by atoms with Crippen LogP contribution < -0.4 is 5.73 Å². The van der Waals surface area contributed by atoms with Crippen molar-refractivity contribution in [2.75, 3.05) is 0 Å². The zero-order valence-corrected chi connectivity index (χ0v) is 8.06. The van der Waals surface area contributed by atoms with E-state index in [4.69, 9.17) is 5.73 Å². The van der Waals surface area contributed by atoms with Gasteiger partial charge in [-0.15, -0.1) is 0 Å². The van der Waals surface area contributed by atoms with Crippen LogP contribution in [0.25, 0.3) is 0 Å². The first-order valence-corrected chi connectivity index (χ1v) is 4.64. The van der Waals surface area contributed by atoms with E-state index in [1.807, 2.05) is 0 Å². The van der Waals surface area contributed by atoms with E-state index in [2.05, 4.69) is 26.8 Å². The predicted octanol–water partition coefficient (Wildman–Crippen LogP) is 2.86. The fraction of sp³-hybridized carbons (Fsp3) is 0.800. The van der Waals surface area contributed by atoms with Crippen LogP contribution in [-0.2, 0) is 0 Å². The van der Waals surface area contributed by atoms with Gasteiger partial charge in [-0.3, -0.25) is 0 Å². The van der Waals surface area contributed by atoms with Gasteiger partial charge in [-0.1, -0.05) is 31.9 Å². The first-order valence-electron chi connectivity index (χ1n) is 4.64. The Labute approximate surface area is 70.7 Å². The zero-order valence-electron chi connectivity index (χ0n) is 8.06. The summed E-state index contributed by atoms with van der Waals surface area (Å²) in [7, 11) is 0. The summed E-state index contributed by atoms with van der Waals surface area (Å²) >= 11 is 0. The second kappa shape index (κ2) is 6.41. The number of nitrogens with two attached hydrogens (primary N) is 1. The molecule has 0 bridgehead atoms. The van der Waals surface area contributed by atoms with Crippen molar-refractivity contribution in [1.82, 2.24) is 0 Å². The van der Waals surface area contributed by atoms with E-state index in [9.17, 15) is 0 Å².